The molecule has 0 aliphatic carbocycles. The quantitative estimate of drug-likeness (QED) is 0.677. The van der Waals surface area contributed by atoms with Crippen molar-refractivity contribution >= 4 is 11.6 Å². The third-order valence-electron chi connectivity index (χ3n) is 1.44. The summed E-state index contributed by atoms with van der Waals surface area (Å²) in [5.41, 5.74) is 0.921. The Balaban J connectivity index is 2.45. The van der Waals surface area contributed by atoms with Gasteiger partial charge in [0.1, 0.15) is 0 Å². The molecule has 0 N–H and O–H groups in total. The standard InChI is InChI=1S/C8H5ClN2O/c9-8-11-5-7(12-8)6-1-3-10-4-2-6/h1-5H. The first-order valence-corrected chi connectivity index (χ1v) is 3.76. The second kappa shape index (κ2) is 2.95. The van der Waals surface area contributed by atoms with Crippen molar-refractivity contribution in [3.05, 3.63) is 36.1 Å². The van der Waals surface area contributed by atoms with E-state index in [0.29, 0.717) is 5.76 Å². The first-order valence-electron chi connectivity index (χ1n) is 3.38. The molecule has 60 valence electrons. The smallest absolute Gasteiger partial charge is 0.292 e. The van der Waals surface area contributed by atoms with Crippen molar-refractivity contribution < 1.29 is 4.42 Å². The maximum Gasteiger partial charge on any atom is 0.292 e. The van der Waals surface area contributed by atoms with E-state index in [1.54, 1.807) is 18.6 Å². The molecule has 4 heteroatoms. The van der Waals surface area contributed by atoms with E-state index in [1.165, 1.54) is 0 Å². The minimum atomic E-state index is 0.154. The highest BCUT2D eigenvalue weighted by Crippen LogP contribution is 2.20. The highest BCUT2D eigenvalue weighted by Gasteiger charge is 2.02. The van der Waals surface area contributed by atoms with Crippen LogP contribution < -0.4 is 0 Å². The van der Waals surface area contributed by atoms with Gasteiger partial charge in [-0.15, -0.1) is 0 Å². The maximum absolute atomic E-state index is 5.52. The Labute approximate surface area is 74.0 Å². The summed E-state index contributed by atoms with van der Waals surface area (Å²) in [4.78, 5) is 7.65. The summed E-state index contributed by atoms with van der Waals surface area (Å²) in [7, 11) is 0. The second-order valence-corrected chi connectivity index (χ2v) is 2.54. The average molecular weight is 181 g/mol. The minimum absolute atomic E-state index is 0.154. The average Bonchev–Trinajstić information content (AvgIpc) is 2.54. The van der Waals surface area contributed by atoms with Crippen molar-refractivity contribution in [1.29, 1.82) is 0 Å². The van der Waals surface area contributed by atoms with E-state index in [1.807, 2.05) is 12.1 Å². The lowest BCUT2D eigenvalue weighted by Crippen LogP contribution is -1.73. The summed E-state index contributed by atoms with van der Waals surface area (Å²) < 4.78 is 5.10. The Kier molecular flexibility index (Phi) is 1.80. The molecule has 0 aliphatic heterocycles. The molecule has 0 aliphatic rings. The molecule has 12 heavy (non-hydrogen) atoms. The first kappa shape index (κ1) is 7.31. The predicted octanol–water partition coefficient (Wildman–Crippen LogP) is 2.39. The molecule has 0 saturated carbocycles. The number of halogens is 1. The SMILES string of the molecule is Clc1ncc(-c2ccncc2)o1. The fraction of sp³-hybridized carbons (Fsp3) is 0. The molecule has 2 rings (SSSR count). The van der Waals surface area contributed by atoms with Crippen LogP contribution in [0.3, 0.4) is 0 Å². The topological polar surface area (TPSA) is 38.9 Å². The summed E-state index contributed by atoms with van der Waals surface area (Å²) in [5.74, 6) is 0.655. The number of hydrogen-bond acceptors (Lipinski definition) is 3. The van der Waals surface area contributed by atoms with Crippen LogP contribution in [0.5, 0.6) is 0 Å². The number of aromatic nitrogens is 2. The van der Waals surface area contributed by atoms with Gasteiger partial charge >= 0.3 is 0 Å². The van der Waals surface area contributed by atoms with Gasteiger partial charge in [-0.25, -0.2) is 4.98 Å². The highest BCUT2D eigenvalue weighted by molar-refractivity contribution is 6.27. The van der Waals surface area contributed by atoms with Crippen LogP contribution in [0.15, 0.2) is 35.1 Å². The largest absolute Gasteiger partial charge is 0.428 e. The molecule has 0 saturated heterocycles. The fourth-order valence-corrected chi connectivity index (χ4v) is 1.03. The van der Waals surface area contributed by atoms with Gasteiger partial charge in [0.05, 0.1) is 6.20 Å². The van der Waals surface area contributed by atoms with Crippen LogP contribution in [0.2, 0.25) is 5.35 Å². The van der Waals surface area contributed by atoms with Crippen molar-refractivity contribution in [2.24, 2.45) is 0 Å². The molecule has 0 amide bonds. The van der Waals surface area contributed by atoms with Crippen LogP contribution in [0, 0.1) is 0 Å². The van der Waals surface area contributed by atoms with Crippen LogP contribution in [0.25, 0.3) is 11.3 Å². The van der Waals surface area contributed by atoms with E-state index in [2.05, 4.69) is 9.97 Å². The molecular weight excluding hydrogens is 176 g/mol. The van der Waals surface area contributed by atoms with E-state index >= 15 is 0 Å². The normalized spacial score (nSPS) is 10.1. The molecule has 3 nitrogen and oxygen atoms in total. The molecular formula is C8H5ClN2O. The summed E-state index contributed by atoms with van der Waals surface area (Å²) in [6.45, 7) is 0. The van der Waals surface area contributed by atoms with E-state index in [9.17, 15) is 0 Å². The summed E-state index contributed by atoms with van der Waals surface area (Å²) in [5, 5.41) is 0.154. The molecule has 2 aromatic heterocycles. The van der Waals surface area contributed by atoms with Crippen LogP contribution in [0.4, 0.5) is 0 Å². The molecule has 0 unspecified atom stereocenters. The van der Waals surface area contributed by atoms with Crippen molar-refractivity contribution in [3.63, 3.8) is 0 Å². The van der Waals surface area contributed by atoms with Gasteiger partial charge in [0.15, 0.2) is 5.76 Å². The van der Waals surface area contributed by atoms with Crippen molar-refractivity contribution in [2.75, 3.05) is 0 Å². The number of rotatable bonds is 1. The fourth-order valence-electron chi connectivity index (χ4n) is 0.902. The van der Waals surface area contributed by atoms with Crippen molar-refractivity contribution in [3.8, 4) is 11.3 Å². The monoisotopic (exact) mass is 180 g/mol. The van der Waals surface area contributed by atoms with Gasteiger partial charge in [0, 0.05) is 18.0 Å². The van der Waals surface area contributed by atoms with Crippen LogP contribution in [0.1, 0.15) is 0 Å². The lowest BCUT2D eigenvalue weighted by Gasteiger charge is -1.91. The lowest BCUT2D eigenvalue weighted by atomic mass is 10.2. The maximum atomic E-state index is 5.52. The molecule has 0 radical (unpaired) electrons. The molecule has 0 bridgehead atoms. The van der Waals surface area contributed by atoms with E-state index in [4.69, 9.17) is 16.0 Å². The third-order valence-corrected chi connectivity index (χ3v) is 1.62. The van der Waals surface area contributed by atoms with Gasteiger partial charge in [-0.1, -0.05) is 0 Å². The van der Waals surface area contributed by atoms with Crippen molar-refractivity contribution in [2.45, 2.75) is 0 Å². The second-order valence-electron chi connectivity index (χ2n) is 2.21. The van der Waals surface area contributed by atoms with Crippen molar-refractivity contribution in [1.82, 2.24) is 9.97 Å². The van der Waals surface area contributed by atoms with E-state index in [-0.39, 0.29) is 5.35 Å². The van der Waals surface area contributed by atoms with Crippen LogP contribution >= 0.6 is 11.6 Å². The third kappa shape index (κ3) is 1.31. The van der Waals surface area contributed by atoms with Crippen LogP contribution in [-0.4, -0.2) is 9.97 Å². The summed E-state index contributed by atoms with van der Waals surface area (Å²) in [6.07, 6.45) is 4.95. The minimum Gasteiger partial charge on any atom is -0.428 e. The zero-order valence-electron chi connectivity index (χ0n) is 6.07. The number of nitrogens with zero attached hydrogens (tertiary/aromatic N) is 2. The molecule has 2 heterocycles. The Morgan fingerprint density at radius 1 is 1.25 bits per heavy atom. The van der Waals surface area contributed by atoms with Gasteiger partial charge < -0.3 is 4.42 Å². The summed E-state index contributed by atoms with van der Waals surface area (Å²) in [6, 6.07) is 3.66. The number of hydrogen-bond donors (Lipinski definition) is 0. The van der Waals surface area contributed by atoms with Gasteiger partial charge in [-0.3, -0.25) is 4.98 Å². The molecule has 0 fully saturated rings. The Hall–Kier alpha value is -1.35. The molecule has 0 aromatic carbocycles. The molecule has 2 aromatic rings. The predicted molar refractivity (Wildman–Crippen MR) is 44.7 cm³/mol. The van der Waals surface area contributed by atoms with Gasteiger partial charge in [-0.2, -0.15) is 0 Å². The van der Waals surface area contributed by atoms with E-state index in [0.717, 1.165) is 5.56 Å². The van der Waals surface area contributed by atoms with Gasteiger partial charge in [0.2, 0.25) is 0 Å². The zero-order valence-corrected chi connectivity index (χ0v) is 6.82. The molecule has 0 atom stereocenters. The Bertz CT molecular complexity index is 372. The Morgan fingerprint density at radius 3 is 2.58 bits per heavy atom. The van der Waals surface area contributed by atoms with Crippen LogP contribution in [-0.2, 0) is 0 Å². The molecule has 0 spiro atoms. The van der Waals surface area contributed by atoms with Gasteiger partial charge in [0.25, 0.3) is 5.35 Å². The zero-order chi connectivity index (χ0) is 8.39. The van der Waals surface area contributed by atoms with Gasteiger partial charge in [-0.05, 0) is 23.7 Å². The summed E-state index contributed by atoms with van der Waals surface area (Å²) >= 11 is 5.52. The Morgan fingerprint density at radius 2 is 2.00 bits per heavy atom. The number of oxazole rings is 1. The number of pyridine rings is 1. The lowest BCUT2D eigenvalue weighted by molar-refractivity contribution is 0.574. The van der Waals surface area contributed by atoms with E-state index < -0.39 is 0 Å². The highest BCUT2D eigenvalue weighted by atomic mass is 35.5. The first-order chi connectivity index (χ1) is 5.86.